The zero-order chi connectivity index (χ0) is 82.9. The Hall–Kier alpha value is -7.04. The number of likely N-dealkylation sites (tertiary alicyclic amines) is 4. The van der Waals surface area contributed by atoms with Gasteiger partial charge in [-0.1, -0.05) is 63.1 Å². The Bertz CT molecular complexity index is 4990. The van der Waals surface area contributed by atoms with E-state index in [1.54, 1.807) is 38.5 Å². The number of likely N-dealkylation sites (N-methyl/N-ethyl adjacent to an activating group) is 4. The van der Waals surface area contributed by atoms with E-state index in [9.17, 15) is 60.0 Å². The summed E-state index contributed by atoms with van der Waals surface area (Å²) in [6.07, 6.45) is 18.9. The first kappa shape index (κ1) is 79.2. The predicted molar refractivity (Wildman–Crippen MR) is 434 cm³/mol. The number of allylic oxidation sites excluding steroid dienone is 4. The average Bonchev–Trinajstić information content (AvgIpc) is 1.53. The summed E-state index contributed by atoms with van der Waals surface area (Å²) in [5.41, 5.74) is 5.30. The summed E-state index contributed by atoms with van der Waals surface area (Å²) in [5.74, 6) is 5.83. The Balaban J connectivity index is 0.0000000929. The summed E-state index contributed by atoms with van der Waals surface area (Å²) < 4.78 is 48.3. The van der Waals surface area contributed by atoms with Crippen molar-refractivity contribution in [2.24, 2.45) is 40.4 Å². The minimum Gasteiger partial charge on any atom is -0.504 e. The Morgan fingerprint density at radius 1 is 0.563 bits per heavy atom. The van der Waals surface area contributed by atoms with Gasteiger partial charge in [0, 0.05) is 86.8 Å². The quantitative estimate of drug-likeness (QED) is 0.0918. The number of hydrogen-bond donors (Lipinski definition) is 8. The molecule has 12 fully saturated rings. The molecule has 4 aromatic carbocycles. The highest BCUT2D eigenvalue weighted by Gasteiger charge is 2.78. The molecule has 27 atom stereocenters. The number of aromatic hydroxyl groups is 2. The van der Waals surface area contributed by atoms with Gasteiger partial charge in [0.15, 0.2) is 93.2 Å². The summed E-state index contributed by atoms with van der Waals surface area (Å²) in [6, 6.07) is 16.8. The number of fused-ring (bicyclic) bond motifs is 7. The maximum absolute atomic E-state index is 13.2. The number of ether oxygens (including phenoxy) is 8. The minimum atomic E-state index is -1.20. The number of aliphatic hydroxyl groups is 6. The number of rotatable bonds is 6. The van der Waals surface area contributed by atoms with Gasteiger partial charge in [-0.05, 0) is 259 Å². The third-order valence-corrected chi connectivity index (χ3v) is 36.0. The number of hydrogen-bond acceptors (Lipinski definition) is 24. The third kappa shape index (κ3) is 10.1. The van der Waals surface area contributed by atoms with Crippen LogP contribution < -0.4 is 28.4 Å². The van der Waals surface area contributed by atoms with Gasteiger partial charge >= 0.3 is 0 Å². The zero-order valence-electron chi connectivity index (χ0n) is 70.1. The van der Waals surface area contributed by atoms with Gasteiger partial charge in [0.05, 0.1) is 60.7 Å². The second kappa shape index (κ2) is 27.2. The van der Waals surface area contributed by atoms with Crippen LogP contribution in [-0.4, -0.2) is 255 Å². The largest absolute Gasteiger partial charge is 0.504 e. The summed E-state index contributed by atoms with van der Waals surface area (Å²) in [5, 5.41) is 86.4. The van der Waals surface area contributed by atoms with Crippen LogP contribution in [0.15, 0.2) is 72.3 Å². The van der Waals surface area contributed by atoms with Gasteiger partial charge in [0.1, 0.15) is 18.8 Å². The molecule has 8 N–H and O–H groups in total. The summed E-state index contributed by atoms with van der Waals surface area (Å²) in [4.78, 5) is 59.9. The first-order chi connectivity index (χ1) is 57.0. The number of piperidine rings is 4. The van der Waals surface area contributed by atoms with Crippen LogP contribution in [0.1, 0.15) is 181 Å². The highest BCUT2D eigenvalue weighted by Crippen LogP contribution is 2.73. The van der Waals surface area contributed by atoms with E-state index < -0.39 is 76.5 Å². The van der Waals surface area contributed by atoms with Crippen molar-refractivity contribution < 1.29 is 97.9 Å². The molecule has 119 heavy (non-hydrogen) atoms. The van der Waals surface area contributed by atoms with Gasteiger partial charge in [-0.3, -0.25) is 19.2 Å². The minimum absolute atomic E-state index is 0.00319. The summed E-state index contributed by atoms with van der Waals surface area (Å²) in [6.45, 7) is 9.50. The number of phenolic OH excluding ortho intramolecular Hbond substituents is 2. The number of ketones is 4. The van der Waals surface area contributed by atoms with E-state index in [4.69, 9.17) is 37.9 Å². The Kier molecular flexibility index (Phi) is 18.1. The Morgan fingerprint density at radius 2 is 1.05 bits per heavy atom. The molecule has 0 aromatic heterocycles. The average molecular weight is 1640 g/mol. The van der Waals surface area contributed by atoms with E-state index in [1.165, 1.54) is 27.8 Å². The smallest absolute Gasteiger partial charge is 0.193 e. The number of Topliss-reactive ketones (excluding diaryl/α,β-unsaturated/α-hetero) is 3. The topological polar surface area (TPSA) is 317 Å². The standard InChI is InChI=1S/C25H34O6.C18H21NO4.C18H23NO3.C17H19NO4.C17H21NO3/c1-4-5-21-30-20-11-17-16-7-6-14-10-15(27)8-9-23(14,2)22(16)18(28)12-24(17,3)25(20,31-21)19(29)13-26;1-19-8-7-17-14-10-3-4-12(22-2)15(14)23-16(17)11(20)5-6-18(17,21)13(19)9-10;1-19-8-7-18-11-4-5-13(20)17(18)22-16-14(21-2)6-3-10(15(16)18)9-12(11)19;1-18-7-6-16-13-9-2-3-10(19)14(13)22-15(16)11(20)4-5-17(16,21)12(18)8-9;1-18-7-6-17-10-3-5-13(20)16(17)21-15-12(19)4-2-9(14(15)17)8-11(10)18/h8-10,16-18,20-22,26,28H,4-7,11-13H2,1-3H3;3-4,13,16,21H,5-9H2,1-2H3;3,6,11-13,17,20H,4-5,7-9H2,1-2H3;2-3,12,15,19,21H,4-8H2,1H3;2,4,10-11,13,16,19-20H,3,5-8H2,1H3/t16-,17?,18-,20+,21?,22?,23-,24-,25+;;;;/m0..../s1. The van der Waals surface area contributed by atoms with Gasteiger partial charge in [0.25, 0.3) is 0 Å². The molecule has 5 saturated heterocycles. The normalized spacial score (nSPS) is 44.1. The lowest BCUT2D eigenvalue weighted by Crippen LogP contribution is -2.76. The lowest BCUT2D eigenvalue weighted by atomic mass is 9.46. The number of carbonyl (C=O) groups is 4. The van der Waals surface area contributed by atoms with E-state index in [1.807, 2.05) is 31.3 Å². The van der Waals surface area contributed by atoms with Gasteiger partial charge in [-0.2, -0.15) is 0 Å². The maximum atomic E-state index is 13.2. The van der Waals surface area contributed by atoms with E-state index in [0.717, 1.165) is 150 Å². The lowest BCUT2D eigenvalue weighted by Gasteiger charge is -2.62. The number of methoxy groups -OCH3 is 2. The molecule has 9 aliphatic heterocycles. The van der Waals surface area contributed by atoms with Gasteiger partial charge in [-0.15, -0.1) is 0 Å². The van der Waals surface area contributed by atoms with Crippen molar-refractivity contribution in [3.05, 3.63) is 117 Å². The highest BCUT2D eigenvalue weighted by molar-refractivity contribution is 6.01. The first-order valence-electron chi connectivity index (χ1n) is 44.6. The number of nitrogens with zero attached hydrogens (tertiary/aromatic N) is 4. The molecule has 9 heterocycles. The predicted octanol–water partition coefficient (Wildman–Crippen LogP) is 7.66. The number of benzene rings is 4. The molecule has 24 nitrogen and oxygen atoms in total. The molecule has 0 amide bonds. The van der Waals surface area contributed by atoms with Crippen LogP contribution in [0.25, 0.3) is 0 Å². The molecule has 7 saturated carbocycles. The Morgan fingerprint density at radius 3 is 1.59 bits per heavy atom. The molecular weight excluding hydrogens is 1520 g/mol. The van der Waals surface area contributed by atoms with Crippen molar-refractivity contribution in [3.8, 4) is 46.0 Å². The highest BCUT2D eigenvalue weighted by atomic mass is 16.7. The molecule has 4 aromatic rings. The second-order valence-corrected chi connectivity index (χ2v) is 40.2. The van der Waals surface area contributed by atoms with E-state index >= 15 is 0 Å². The number of carbonyl (C=O) groups excluding carboxylic acids is 4. The van der Waals surface area contributed by atoms with Crippen LogP contribution in [0.5, 0.6) is 46.0 Å². The molecule has 638 valence electrons. The SMILES string of the molecule is CCCC1O[C@@H]2CC3[C@@H]4CCC5=CC(=O)C=C[C@]5(C)C4[C@@H](O)C[C@]3(C)[C@]2(C(=O)CO)O1.CN1CCC23c4c5ccc(O)c4OC2C(=O)CCC3(O)C1C5.CN1CCC23c4c5ccc(O)c4OC2C(O)CCC3C1C5.COc1ccc2c3c1OC1C(=O)CCC4(O)C(C2)N(C)CCC314.COc1ccc2c3c1OC1C(O)CCC4C(C2)N(C)CCC341. The lowest BCUT2D eigenvalue weighted by molar-refractivity contribution is -0.200. The molecule has 0 radical (unpaired) electrons. The van der Waals surface area contributed by atoms with Crippen molar-refractivity contribution >= 4 is 23.1 Å². The van der Waals surface area contributed by atoms with E-state index in [-0.39, 0.29) is 99.0 Å². The summed E-state index contributed by atoms with van der Waals surface area (Å²) in [7, 11) is 11.9. The molecule has 21 aliphatic rings. The van der Waals surface area contributed by atoms with Crippen LogP contribution in [-0.2, 0) is 76.0 Å². The monoisotopic (exact) mass is 1630 g/mol. The van der Waals surface area contributed by atoms with Crippen LogP contribution in [0.3, 0.4) is 0 Å². The maximum Gasteiger partial charge on any atom is 0.193 e. The fraction of sp³-hybridized carbons (Fsp3) is 0.663. The molecular formula is C95H118N4O20. The van der Waals surface area contributed by atoms with Crippen LogP contribution >= 0.6 is 0 Å². The van der Waals surface area contributed by atoms with Gasteiger partial charge in [0.2, 0.25) is 0 Å². The number of aliphatic hydroxyl groups excluding tert-OH is 4. The first-order valence-corrected chi connectivity index (χ1v) is 44.6. The third-order valence-electron chi connectivity index (χ3n) is 36.0. The molecule has 12 aliphatic carbocycles. The Labute approximate surface area is 695 Å². The molecule has 8 bridgehead atoms. The number of phenols is 2. The fourth-order valence-electron chi connectivity index (χ4n) is 30.9. The van der Waals surface area contributed by atoms with Crippen molar-refractivity contribution in [1.29, 1.82) is 0 Å². The zero-order valence-corrected chi connectivity index (χ0v) is 70.1. The van der Waals surface area contributed by atoms with E-state index in [2.05, 4.69) is 79.7 Å². The molecule has 4 spiro atoms. The molecule has 21 unspecified atom stereocenters. The van der Waals surface area contributed by atoms with Gasteiger partial charge in [-0.25, -0.2) is 0 Å². The van der Waals surface area contributed by atoms with Crippen molar-refractivity contribution in [3.63, 3.8) is 0 Å². The second-order valence-electron chi connectivity index (χ2n) is 40.2. The van der Waals surface area contributed by atoms with E-state index in [0.29, 0.717) is 98.3 Å². The fourth-order valence-corrected chi connectivity index (χ4v) is 30.9. The van der Waals surface area contributed by atoms with Crippen LogP contribution in [0.2, 0.25) is 0 Å². The van der Waals surface area contributed by atoms with Crippen LogP contribution in [0, 0.1) is 40.4 Å². The molecule has 24 heteroatoms. The summed E-state index contributed by atoms with van der Waals surface area (Å²) >= 11 is 0. The van der Waals surface area contributed by atoms with Crippen molar-refractivity contribution in [2.75, 3.05) is 75.2 Å². The van der Waals surface area contributed by atoms with Crippen LogP contribution in [0.4, 0.5) is 0 Å². The van der Waals surface area contributed by atoms with Crippen molar-refractivity contribution in [1.82, 2.24) is 19.6 Å². The van der Waals surface area contributed by atoms with Gasteiger partial charge < -0.3 is 98.3 Å². The van der Waals surface area contributed by atoms with Crippen molar-refractivity contribution in [2.45, 2.75) is 280 Å². The molecule has 25 rings (SSSR count).